The van der Waals surface area contributed by atoms with Crippen molar-refractivity contribution in [3.8, 4) is 11.8 Å². The van der Waals surface area contributed by atoms with Crippen molar-refractivity contribution in [3.63, 3.8) is 0 Å². The van der Waals surface area contributed by atoms with Crippen molar-refractivity contribution >= 4 is 22.3 Å². The minimum Gasteiger partial charge on any atom is -0.396 e. The molecular formula is C21H29F3N4O4S. The number of rotatable bonds is 10. The van der Waals surface area contributed by atoms with Crippen LogP contribution in [0.1, 0.15) is 37.7 Å². The largest absolute Gasteiger partial charge is 0.417 e. The second kappa shape index (κ2) is 12.8. The van der Waals surface area contributed by atoms with Gasteiger partial charge in [-0.1, -0.05) is 12.3 Å². The van der Waals surface area contributed by atoms with Crippen LogP contribution in [0.25, 0.3) is 0 Å². The standard InChI is InChI=1S/C21H29F3N4O4S/c22-21(23,24)18-8-9-20(25-15-18)27-10-6-11-28(13-12-27)33(31,32)16-19(26-17-30)7-4-2-1-3-5-14-29/h8-9,15,17,19,29H,1-3,5-6,10-14,16H2,(H,26,30). The van der Waals surface area contributed by atoms with Gasteiger partial charge < -0.3 is 15.3 Å². The molecular weight excluding hydrogens is 461 g/mol. The van der Waals surface area contributed by atoms with Gasteiger partial charge in [-0.25, -0.2) is 13.4 Å². The molecule has 12 heteroatoms. The average molecular weight is 491 g/mol. The summed E-state index contributed by atoms with van der Waals surface area (Å²) >= 11 is 0. The molecule has 1 aliphatic heterocycles. The molecule has 0 saturated carbocycles. The second-order valence-electron chi connectivity index (χ2n) is 7.61. The molecule has 184 valence electrons. The van der Waals surface area contributed by atoms with Crippen LogP contribution in [-0.4, -0.2) is 73.8 Å². The maximum atomic E-state index is 12.9. The number of hydrogen-bond acceptors (Lipinski definition) is 6. The minimum absolute atomic E-state index is 0.114. The molecule has 0 aliphatic carbocycles. The van der Waals surface area contributed by atoms with Gasteiger partial charge in [0.25, 0.3) is 0 Å². The first-order valence-electron chi connectivity index (χ1n) is 10.7. The second-order valence-corrected chi connectivity index (χ2v) is 9.63. The summed E-state index contributed by atoms with van der Waals surface area (Å²) in [6.45, 7) is 1.24. The smallest absolute Gasteiger partial charge is 0.396 e. The molecule has 8 nitrogen and oxygen atoms in total. The van der Waals surface area contributed by atoms with Crippen LogP contribution in [0.15, 0.2) is 18.3 Å². The first-order chi connectivity index (χ1) is 15.7. The van der Waals surface area contributed by atoms with Crippen LogP contribution in [0.4, 0.5) is 19.0 Å². The van der Waals surface area contributed by atoms with E-state index in [1.165, 1.54) is 10.4 Å². The van der Waals surface area contributed by atoms with Gasteiger partial charge in [0, 0.05) is 45.4 Å². The number of sulfonamides is 1. The number of aromatic nitrogens is 1. The number of halogens is 3. The van der Waals surface area contributed by atoms with Crippen LogP contribution in [0.3, 0.4) is 0 Å². The molecule has 2 heterocycles. The fourth-order valence-corrected chi connectivity index (χ4v) is 4.95. The van der Waals surface area contributed by atoms with Gasteiger partial charge in [-0.05, 0) is 31.4 Å². The van der Waals surface area contributed by atoms with Gasteiger partial charge in [-0.15, -0.1) is 5.92 Å². The molecule has 1 unspecified atom stereocenters. The summed E-state index contributed by atoms with van der Waals surface area (Å²) in [4.78, 5) is 16.5. The Morgan fingerprint density at radius 2 is 1.97 bits per heavy atom. The van der Waals surface area contributed by atoms with Gasteiger partial charge in [0.2, 0.25) is 16.4 Å². The lowest BCUT2D eigenvalue weighted by Gasteiger charge is -2.23. The summed E-state index contributed by atoms with van der Waals surface area (Å²) in [5.74, 6) is 5.65. The van der Waals surface area contributed by atoms with E-state index in [9.17, 15) is 26.4 Å². The molecule has 0 bridgehead atoms. The predicted octanol–water partition coefficient (Wildman–Crippen LogP) is 1.61. The third-order valence-electron chi connectivity index (χ3n) is 5.13. The number of aliphatic hydroxyl groups is 1. The van der Waals surface area contributed by atoms with E-state index in [4.69, 9.17) is 5.11 Å². The number of hydrogen-bond donors (Lipinski definition) is 2. The van der Waals surface area contributed by atoms with Gasteiger partial charge in [0.1, 0.15) is 11.9 Å². The Morgan fingerprint density at radius 3 is 2.61 bits per heavy atom. The Labute approximate surface area is 192 Å². The molecule has 1 amide bonds. The van der Waals surface area contributed by atoms with Crippen molar-refractivity contribution in [2.45, 2.75) is 44.3 Å². The van der Waals surface area contributed by atoms with Crippen molar-refractivity contribution in [2.75, 3.05) is 43.4 Å². The molecule has 0 spiro atoms. The van der Waals surface area contributed by atoms with Crippen molar-refractivity contribution in [1.29, 1.82) is 0 Å². The van der Waals surface area contributed by atoms with Gasteiger partial charge in [0.05, 0.1) is 11.3 Å². The topological polar surface area (TPSA) is 103 Å². The fourth-order valence-electron chi connectivity index (χ4n) is 3.37. The highest BCUT2D eigenvalue weighted by atomic mass is 32.2. The number of unbranched alkanes of at least 4 members (excludes halogenated alkanes) is 3. The number of amides is 1. The van der Waals surface area contributed by atoms with E-state index in [1.54, 1.807) is 4.90 Å². The molecule has 1 fully saturated rings. The monoisotopic (exact) mass is 490 g/mol. The van der Waals surface area contributed by atoms with Crippen LogP contribution in [0, 0.1) is 11.8 Å². The predicted molar refractivity (Wildman–Crippen MR) is 118 cm³/mol. The minimum atomic E-state index is -4.47. The molecule has 33 heavy (non-hydrogen) atoms. The Morgan fingerprint density at radius 1 is 1.18 bits per heavy atom. The molecule has 1 saturated heterocycles. The first kappa shape index (κ1) is 26.9. The lowest BCUT2D eigenvalue weighted by molar-refractivity contribution is -0.137. The third kappa shape index (κ3) is 8.83. The van der Waals surface area contributed by atoms with Gasteiger partial charge in [-0.2, -0.15) is 17.5 Å². The number of alkyl halides is 3. The molecule has 1 aromatic rings. The lowest BCUT2D eigenvalue weighted by atomic mass is 10.2. The molecule has 1 aliphatic rings. The van der Waals surface area contributed by atoms with Crippen molar-refractivity contribution < 1.29 is 31.5 Å². The zero-order chi connectivity index (χ0) is 24.3. The molecule has 1 aromatic heterocycles. The van der Waals surface area contributed by atoms with Crippen LogP contribution in [-0.2, 0) is 21.0 Å². The van der Waals surface area contributed by atoms with E-state index in [2.05, 4.69) is 22.1 Å². The van der Waals surface area contributed by atoms with E-state index < -0.39 is 27.8 Å². The highest BCUT2D eigenvalue weighted by Crippen LogP contribution is 2.29. The Hall–Kier alpha value is -2.36. The SMILES string of the molecule is O=CNC(C#CCCCCCO)CS(=O)(=O)N1CCCN(c2ccc(C(F)(F)F)cn2)CC1. The van der Waals surface area contributed by atoms with Crippen LogP contribution < -0.4 is 10.2 Å². The maximum absolute atomic E-state index is 12.9. The number of nitrogens with zero attached hydrogens (tertiary/aromatic N) is 3. The van der Waals surface area contributed by atoms with E-state index in [0.29, 0.717) is 38.0 Å². The van der Waals surface area contributed by atoms with E-state index >= 15 is 0 Å². The van der Waals surface area contributed by atoms with Crippen LogP contribution in [0.2, 0.25) is 0 Å². The summed E-state index contributed by atoms with van der Waals surface area (Å²) in [6, 6.07) is 1.40. The number of nitrogens with one attached hydrogen (secondary N) is 1. The Bertz CT molecular complexity index is 914. The highest BCUT2D eigenvalue weighted by molar-refractivity contribution is 7.89. The van der Waals surface area contributed by atoms with Gasteiger partial charge in [-0.3, -0.25) is 4.79 Å². The summed E-state index contributed by atoms with van der Waals surface area (Å²) < 4.78 is 65.4. The van der Waals surface area contributed by atoms with E-state index in [0.717, 1.165) is 25.1 Å². The van der Waals surface area contributed by atoms with E-state index in [1.807, 2.05) is 0 Å². The first-order valence-corrected chi connectivity index (χ1v) is 12.3. The summed E-state index contributed by atoms with van der Waals surface area (Å²) in [5, 5.41) is 11.2. The normalized spacial score (nSPS) is 16.4. The van der Waals surface area contributed by atoms with Crippen LogP contribution in [0.5, 0.6) is 0 Å². The quantitative estimate of drug-likeness (QED) is 0.294. The zero-order valence-corrected chi connectivity index (χ0v) is 19.0. The van der Waals surface area contributed by atoms with Crippen molar-refractivity contribution in [2.24, 2.45) is 0 Å². The number of pyridine rings is 1. The fraction of sp³-hybridized carbons (Fsp3) is 0.619. The number of aliphatic hydroxyl groups excluding tert-OH is 1. The average Bonchev–Trinajstić information content (AvgIpc) is 3.02. The van der Waals surface area contributed by atoms with Crippen molar-refractivity contribution in [1.82, 2.24) is 14.6 Å². The number of carbonyl (C=O) groups excluding carboxylic acids is 1. The Kier molecular flexibility index (Phi) is 10.4. The van der Waals surface area contributed by atoms with Gasteiger partial charge >= 0.3 is 6.18 Å². The number of carbonyl (C=O) groups is 1. The third-order valence-corrected chi connectivity index (χ3v) is 7.04. The summed E-state index contributed by atoms with van der Waals surface area (Å²) in [5.41, 5.74) is -0.839. The highest BCUT2D eigenvalue weighted by Gasteiger charge is 2.31. The van der Waals surface area contributed by atoms with Crippen molar-refractivity contribution in [3.05, 3.63) is 23.9 Å². The van der Waals surface area contributed by atoms with Gasteiger partial charge in [0.15, 0.2) is 0 Å². The lowest BCUT2D eigenvalue weighted by Crippen LogP contribution is -2.42. The summed E-state index contributed by atoms with van der Waals surface area (Å²) in [6.07, 6.45) is -0.000848. The van der Waals surface area contributed by atoms with Crippen LogP contribution >= 0.6 is 0 Å². The Balaban J connectivity index is 1.97. The molecule has 2 N–H and O–H groups in total. The van der Waals surface area contributed by atoms with E-state index in [-0.39, 0.29) is 32.0 Å². The zero-order valence-electron chi connectivity index (χ0n) is 18.2. The summed E-state index contributed by atoms with van der Waals surface area (Å²) in [7, 11) is -3.73. The molecule has 0 aromatic carbocycles. The molecule has 1 atom stereocenters. The molecule has 0 radical (unpaired) electrons. The molecule has 2 rings (SSSR count). The number of anilines is 1. The maximum Gasteiger partial charge on any atom is 0.417 e.